The molecular weight excluding hydrogens is 398 g/mol. The topological polar surface area (TPSA) is 88.2 Å². The summed E-state index contributed by atoms with van der Waals surface area (Å²) in [5, 5.41) is 3.05. The third kappa shape index (κ3) is 4.43. The Morgan fingerprint density at radius 3 is 2.66 bits per heavy atom. The van der Waals surface area contributed by atoms with E-state index in [0.717, 1.165) is 0 Å². The number of amides is 3. The van der Waals surface area contributed by atoms with Gasteiger partial charge in [0, 0.05) is 25.3 Å². The minimum absolute atomic E-state index is 0.185. The van der Waals surface area contributed by atoms with E-state index >= 15 is 0 Å². The van der Waals surface area contributed by atoms with Crippen LogP contribution < -0.4 is 19.7 Å². The maximum atomic E-state index is 12.5. The molecule has 9 heteroatoms. The van der Waals surface area contributed by atoms with Crippen LogP contribution in [0.1, 0.15) is 10.4 Å². The largest absolute Gasteiger partial charge is 0.495 e. The highest BCUT2D eigenvalue weighted by molar-refractivity contribution is 6.32. The summed E-state index contributed by atoms with van der Waals surface area (Å²) in [7, 11) is 4.76. The van der Waals surface area contributed by atoms with E-state index in [0.29, 0.717) is 33.5 Å². The quantitative estimate of drug-likeness (QED) is 0.807. The molecule has 0 saturated carbocycles. The van der Waals surface area contributed by atoms with Crippen LogP contribution in [0, 0.1) is 0 Å². The van der Waals surface area contributed by atoms with E-state index < -0.39 is 5.91 Å². The predicted molar refractivity (Wildman–Crippen MR) is 109 cm³/mol. The standard InChI is InChI=1S/C20H20ClN3O5/c1-23(2)20(27)12-4-6-17-15(8-12)24(19(26)11-29-17)10-18(25)22-13-5-7-16(28-3)14(21)9-13/h4-9H,10-11H2,1-3H3,(H,22,25). The Balaban J connectivity index is 1.81. The summed E-state index contributed by atoms with van der Waals surface area (Å²) >= 11 is 6.07. The number of nitrogens with zero attached hydrogens (tertiary/aromatic N) is 2. The van der Waals surface area contributed by atoms with E-state index in [-0.39, 0.29) is 25.0 Å². The number of hydrogen-bond donors (Lipinski definition) is 1. The number of hydrogen-bond acceptors (Lipinski definition) is 5. The van der Waals surface area contributed by atoms with Crippen LogP contribution in [-0.4, -0.2) is 57.0 Å². The van der Waals surface area contributed by atoms with Gasteiger partial charge in [-0.15, -0.1) is 0 Å². The first-order chi connectivity index (χ1) is 13.8. The van der Waals surface area contributed by atoms with Gasteiger partial charge < -0.3 is 19.7 Å². The first-order valence-electron chi connectivity index (χ1n) is 8.72. The second kappa shape index (κ2) is 8.40. The number of nitrogens with one attached hydrogen (secondary N) is 1. The van der Waals surface area contributed by atoms with Crippen LogP contribution in [0.3, 0.4) is 0 Å². The monoisotopic (exact) mass is 417 g/mol. The zero-order chi connectivity index (χ0) is 21.1. The number of carbonyl (C=O) groups excluding carboxylic acids is 3. The highest BCUT2D eigenvalue weighted by atomic mass is 35.5. The fourth-order valence-corrected chi connectivity index (χ4v) is 3.11. The van der Waals surface area contributed by atoms with E-state index in [4.69, 9.17) is 21.1 Å². The van der Waals surface area contributed by atoms with Crippen molar-refractivity contribution in [2.45, 2.75) is 0 Å². The van der Waals surface area contributed by atoms with E-state index in [1.807, 2.05) is 0 Å². The van der Waals surface area contributed by atoms with Gasteiger partial charge in [-0.05, 0) is 36.4 Å². The van der Waals surface area contributed by atoms with Crippen LogP contribution in [0.2, 0.25) is 5.02 Å². The Morgan fingerprint density at radius 2 is 2.00 bits per heavy atom. The average molecular weight is 418 g/mol. The van der Waals surface area contributed by atoms with Gasteiger partial charge in [0.2, 0.25) is 5.91 Å². The third-order valence-electron chi connectivity index (χ3n) is 4.29. The predicted octanol–water partition coefficient (Wildman–Crippen LogP) is 2.41. The van der Waals surface area contributed by atoms with Gasteiger partial charge in [-0.25, -0.2) is 0 Å². The molecular formula is C20H20ClN3O5. The Labute approximate surface area is 172 Å². The van der Waals surface area contributed by atoms with Gasteiger partial charge in [0.25, 0.3) is 11.8 Å². The Hall–Kier alpha value is -3.26. The summed E-state index contributed by atoms with van der Waals surface area (Å²) in [6, 6.07) is 9.62. The molecule has 152 valence electrons. The second-order valence-electron chi connectivity index (χ2n) is 6.55. The van der Waals surface area contributed by atoms with E-state index in [1.54, 1.807) is 50.5 Å². The van der Waals surface area contributed by atoms with Crippen LogP contribution in [0.5, 0.6) is 11.5 Å². The Morgan fingerprint density at radius 1 is 1.24 bits per heavy atom. The van der Waals surface area contributed by atoms with Crippen molar-refractivity contribution in [3.8, 4) is 11.5 Å². The van der Waals surface area contributed by atoms with Gasteiger partial charge in [-0.1, -0.05) is 11.6 Å². The van der Waals surface area contributed by atoms with Gasteiger partial charge in [-0.3, -0.25) is 19.3 Å². The van der Waals surface area contributed by atoms with Crippen LogP contribution in [0.4, 0.5) is 11.4 Å². The maximum Gasteiger partial charge on any atom is 0.265 e. The van der Waals surface area contributed by atoms with Crippen molar-refractivity contribution in [3.63, 3.8) is 0 Å². The molecule has 0 radical (unpaired) electrons. The third-order valence-corrected chi connectivity index (χ3v) is 4.59. The van der Waals surface area contributed by atoms with Gasteiger partial charge in [0.15, 0.2) is 6.61 Å². The van der Waals surface area contributed by atoms with Crippen molar-refractivity contribution >= 4 is 40.7 Å². The lowest BCUT2D eigenvalue weighted by Crippen LogP contribution is -2.43. The maximum absolute atomic E-state index is 12.5. The molecule has 0 fully saturated rings. The van der Waals surface area contributed by atoms with Crippen molar-refractivity contribution in [2.24, 2.45) is 0 Å². The van der Waals surface area contributed by atoms with E-state index in [2.05, 4.69) is 5.32 Å². The summed E-state index contributed by atoms with van der Waals surface area (Å²) in [5.41, 5.74) is 1.23. The minimum Gasteiger partial charge on any atom is -0.495 e. The van der Waals surface area contributed by atoms with Crippen molar-refractivity contribution in [3.05, 3.63) is 47.0 Å². The second-order valence-corrected chi connectivity index (χ2v) is 6.96. The zero-order valence-electron chi connectivity index (χ0n) is 16.2. The first-order valence-corrected chi connectivity index (χ1v) is 9.10. The SMILES string of the molecule is COc1ccc(NC(=O)CN2C(=O)COc3ccc(C(=O)N(C)C)cc32)cc1Cl. The molecule has 1 N–H and O–H groups in total. The van der Waals surface area contributed by atoms with Crippen LogP contribution in [0.15, 0.2) is 36.4 Å². The van der Waals surface area contributed by atoms with E-state index in [9.17, 15) is 14.4 Å². The smallest absolute Gasteiger partial charge is 0.265 e. The summed E-state index contributed by atoms with van der Waals surface area (Å²) in [4.78, 5) is 39.9. The molecule has 29 heavy (non-hydrogen) atoms. The van der Waals surface area contributed by atoms with Crippen LogP contribution in [0.25, 0.3) is 0 Å². The molecule has 8 nitrogen and oxygen atoms in total. The number of benzene rings is 2. The summed E-state index contributed by atoms with van der Waals surface area (Å²) < 4.78 is 10.5. The number of halogens is 1. The molecule has 3 amide bonds. The molecule has 0 spiro atoms. The van der Waals surface area contributed by atoms with Gasteiger partial charge in [0.1, 0.15) is 18.0 Å². The average Bonchev–Trinajstić information content (AvgIpc) is 2.69. The summed E-state index contributed by atoms with van der Waals surface area (Å²) in [5.74, 6) is -0.102. The lowest BCUT2D eigenvalue weighted by molar-refractivity contribution is -0.123. The normalized spacial score (nSPS) is 12.7. The number of methoxy groups -OCH3 is 1. The van der Waals surface area contributed by atoms with E-state index in [1.165, 1.54) is 16.9 Å². The van der Waals surface area contributed by atoms with Crippen molar-refractivity contribution in [1.29, 1.82) is 0 Å². The number of rotatable bonds is 5. The number of fused-ring (bicyclic) bond motifs is 1. The first kappa shape index (κ1) is 20.5. The molecule has 0 bridgehead atoms. The fourth-order valence-electron chi connectivity index (χ4n) is 2.85. The molecule has 2 aromatic rings. The highest BCUT2D eigenvalue weighted by Gasteiger charge is 2.28. The molecule has 3 rings (SSSR count). The molecule has 1 aliphatic rings. The van der Waals surface area contributed by atoms with Crippen LogP contribution >= 0.6 is 11.6 Å². The van der Waals surface area contributed by atoms with Crippen molar-refractivity contribution in [1.82, 2.24) is 4.90 Å². The molecule has 0 saturated heterocycles. The molecule has 0 unspecified atom stereocenters. The summed E-state index contributed by atoms with van der Waals surface area (Å²) in [6.07, 6.45) is 0. The van der Waals surface area contributed by atoms with Crippen LogP contribution in [-0.2, 0) is 9.59 Å². The number of carbonyl (C=O) groups is 3. The number of anilines is 2. The highest BCUT2D eigenvalue weighted by Crippen LogP contribution is 2.33. The van der Waals surface area contributed by atoms with Crippen molar-refractivity contribution < 1.29 is 23.9 Å². The molecule has 0 aliphatic carbocycles. The molecule has 1 heterocycles. The van der Waals surface area contributed by atoms with Gasteiger partial charge in [0.05, 0.1) is 17.8 Å². The summed E-state index contributed by atoms with van der Waals surface area (Å²) in [6.45, 7) is -0.423. The zero-order valence-corrected chi connectivity index (χ0v) is 16.9. The molecule has 0 atom stereocenters. The Kier molecular flexibility index (Phi) is 5.93. The number of ether oxygens (including phenoxy) is 2. The lowest BCUT2D eigenvalue weighted by atomic mass is 10.1. The molecule has 1 aliphatic heterocycles. The lowest BCUT2D eigenvalue weighted by Gasteiger charge is -2.29. The minimum atomic E-state index is -0.420. The van der Waals surface area contributed by atoms with Crippen molar-refractivity contribution in [2.75, 3.05) is 44.6 Å². The Bertz CT molecular complexity index is 977. The molecule has 2 aromatic carbocycles. The van der Waals surface area contributed by atoms with Gasteiger partial charge >= 0.3 is 0 Å². The molecule has 0 aromatic heterocycles. The van der Waals surface area contributed by atoms with Gasteiger partial charge in [-0.2, -0.15) is 0 Å². The fraction of sp³-hybridized carbons (Fsp3) is 0.250.